The highest BCUT2D eigenvalue weighted by Gasteiger charge is 2.22. The van der Waals surface area contributed by atoms with Crippen LogP contribution in [0.1, 0.15) is 17.7 Å². The van der Waals surface area contributed by atoms with Crippen LogP contribution in [0.5, 0.6) is 0 Å². The monoisotopic (exact) mass is 270 g/mol. The van der Waals surface area contributed by atoms with Crippen LogP contribution in [0.3, 0.4) is 0 Å². The summed E-state index contributed by atoms with van der Waals surface area (Å²) >= 11 is 13.6. The van der Waals surface area contributed by atoms with E-state index in [1.165, 1.54) is 11.3 Å². The van der Waals surface area contributed by atoms with Gasteiger partial charge in [0.1, 0.15) is 11.0 Å². The lowest BCUT2D eigenvalue weighted by molar-refractivity contribution is 1.01. The number of fused-ring (bicyclic) bond motifs is 1. The summed E-state index contributed by atoms with van der Waals surface area (Å²) in [5.74, 6) is 0.791. The van der Waals surface area contributed by atoms with Gasteiger partial charge in [-0.25, -0.2) is 4.99 Å². The topological polar surface area (TPSA) is 24.4 Å². The van der Waals surface area contributed by atoms with Crippen molar-refractivity contribution in [2.24, 2.45) is 4.99 Å². The van der Waals surface area contributed by atoms with Gasteiger partial charge in [0.15, 0.2) is 0 Å². The zero-order valence-corrected chi connectivity index (χ0v) is 10.6. The van der Waals surface area contributed by atoms with Crippen LogP contribution in [0.15, 0.2) is 39.6 Å². The maximum Gasteiger partial charge on any atom is 0.149 e. The zero-order chi connectivity index (χ0) is 11.1. The highest BCUT2D eigenvalue weighted by Crippen LogP contribution is 2.33. The molecule has 0 unspecified atom stereocenters. The van der Waals surface area contributed by atoms with E-state index in [9.17, 15) is 0 Å². The molecule has 1 aliphatic heterocycles. The van der Waals surface area contributed by atoms with Crippen LogP contribution in [-0.4, -0.2) is 5.84 Å². The molecule has 1 aliphatic carbocycles. The smallest absolute Gasteiger partial charge is 0.149 e. The van der Waals surface area contributed by atoms with E-state index >= 15 is 0 Å². The number of hydrogen-bond donors (Lipinski definition) is 1. The predicted octanol–water partition coefficient (Wildman–Crippen LogP) is 3.88. The summed E-state index contributed by atoms with van der Waals surface area (Å²) in [6.07, 6.45) is 4.11. The summed E-state index contributed by atoms with van der Waals surface area (Å²) < 4.78 is 0.755. The van der Waals surface area contributed by atoms with Gasteiger partial charge in [-0.15, -0.1) is 11.3 Å². The molecule has 5 heteroatoms. The molecule has 82 valence electrons. The molecule has 0 bridgehead atoms. The van der Waals surface area contributed by atoms with Gasteiger partial charge in [0, 0.05) is 5.57 Å². The van der Waals surface area contributed by atoms with Gasteiger partial charge in [-0.1, -0.05) is 29.3 Å². The number of amidine groups is 1. The van der Waals surface area contributed by atoms with E-state index in [0.717, 1.165) is 39.2 Å². The number of nitrogens with zero attached hydrogens (tertiary/aromatic N) is 1. The van der Waals surface area contributed by atoms with Crippen LogP contribution >= 0.6 is 34.5 Å². The first-order chi connectivity index (χ1) is 7.74. The minimum atomic E-state index is 0.693. The fraction of sp³-hybridized carbons (Fsp3) is 0.182. The lowest BCUT2D eigenvalue weighted by Gasteiger charge is -2.16. The largest absolute Gasteiger partial charge is 0.329 e. The van der Waals surface area contributed by atoms with E-state index < -0.39 is 0 Å². The third-order valence-corrected chi connectivity index (χ3v) is 4.13. The molecule has 0 saturated carbocycles. The Hall–Kier alpha value is -0.770. The molecular formula is C11H8Cl2N2S. The summed E-state index contributed by atoms with van der Waals surface area (Å²) in [7, 11) is 0. The van der Waals surface area contributed by atoms with Crippen LogP contribution in [0.25, 0.3) is 0 Å². The minimum absolute atomic E-state index is 0.693. The van der Waals surface area contributed by atoms with Gasteiger partial charge in [0.05, 0.1) is 14.9 Å². The van der Waals surface area contributed by atoms with Crippen LogP contribution in [0.2, 0.25) is 4.34 Å². The SMILES string of the molecule is ClC1=C2CCC=C2N=C(c2ccc(Cl)s2)N1. The van der Waals surface area contributed by atoms with Crippen molar-refractivity contribution in [2.45, 2.75) is 12.8 Å². The zero-order valence-electron chi connectivity index (χ0n) is 8.26. The average Bonchev–Trinajstić information content (AvgIpc) is 2.85. The molecule has 1 aromatic rings. The molecule has 0 radical (unpaired) electrons. The van der Waals surface area contributed by atoms with Crippen LogP contribution in [0.4, 0.5) is 0 Å². The second-order valence-electron chi connectivity index (χ2n) is 3.61. The molecule has 0 aromatic carbocycles. The number of thiophene rings is 1. The summed E-state index contributed by atoms with van der Waals surface area (Å²) in [6.45, 7) is 0. The summed E-state index contributed by atoms with van der Waals surface area (Å²) in [6, 6.07) is 3.81. The van der Waals surface area contributed by atoms with Crippen molar-refractivity contribution in [3.05, 3.63) is 43.8 Å². The van der Waals surface area contributed by atoms with Gasteiger partial charge < -0.3 is 5.32 Å². The van der Waals surface area contributed by atoms with E-state index in [-0.39, 0.29) is 0 Å². The molecule has 0 atom stereocenters. The van der Waals surface area contributed by atoms with Crippen molar-refractivity contribution in [3.63, 3.8) is 0 Å². The number of aliphatic imine (C=N–C) groups is 1. The third kappa shape index (κ3) is 1.69. The van der Waals surface area contributed by atoms with E-state index in [1.807, 2.05) is 12.1 Å². The second-order valence-corrected chi connectivity index (χ2v) is 5.70. The van der Waals surface area contributed by atoms with Crippen molar-refractivity contribution in [1.82, 2.24) is 5.32 Å². The molecular weight excluding hydrogens is 263 g/mol. The Kier molecular flexibility index (Phi) is 2.54. The van der Waals surface area contributed by atoms with Crippen LogP contribution in [-0.2, 0) is 0 Å². The maximum atomic E-state index is 6.19. The molecule has 2 nitrogen and oxygen atoms in total. The highest BCUT2D eigenvalue weighted by atomic mass is 35.5. The van der Waals surface area contributed by atoms with Gasteiger partial charge >= 0.3 is 0 Å². The van der Waals surface area contributed by atoms with Crippen molar-refractivity contribution in [1.29, 1.82) is 0 Å². The third-order valence-electron chi connectivity index (χ3n) is 2.57. The molecule has 0 amide bonds. The van der Waals surface area contributed by atoms with E-state index in [1.54, 1.807) is 0 Å². The Morgan fingerprint density at radius 3 is 2.94 bits per heavy atom. The lowest BCUT2D eigenvalue weighted by atomic mass is 10.2. The van der Waals surface area contributed by atoms with Crippen LogP contribution in [0, 0.1) is 0 Å². The van der Waals surface area contributed by atoms with Crippen molar-refractivity contribution in [2.75, 3.05) is 0 Å². The Balaban J connectivity index is 2.00. The highest BCUT2D eigenvalue weighted by molar-refractivity contribution is 7.18. The van der Waals surface area contributed by atoms with Gasteiger partial charge in [0.25, 0.3) is 0 Å². The normalized spacial score (nSPS) is 19.1. The molecule has 16 heavy (non-hydrogen) atoms. The van der Waals surface area contributed by atoms with Crippen molar-refractivity contribution < 1.29 is 0 Å². The number of nitrogens with one attached hydrogen (secondary N) is 1. The van der Waals surface area contributed by atoms with E-state index in [2.05, 4.69) is 16.4 Å². The van der Waals surface area contributed by atoms with Crippen molar-refractivity contribution in [3.8, 4) is 0 Å². The fourth-order valence-corrected chi connectivity index (χ4v) is 3.09. The Bertz CT molecular complexity index is 540. The molecule has 2 aliphatic rings. The Morgan fingerprint density at radius 2 is 2.19 bits per heavy atom. The first-order valence-electron chi connectivity index (χ1n) is 4.94. The van der Waals surface area contributed by atoms with Gasteiger partial charge in [0.2, 0.25) is 0 Å². The molecule has 1 N–H and O–H groups in total. The first-order valence-corrected chi connectivity index (χ1v) is 6.52. The summed E-state index contributed by atoms with van der Waals surface area (Å²) in [5.41, 5.74) is 2.12. The summed E-state index contributed by atoms with van der Waals surface area (Å²) in [4.78, 5) is 5.56. The van der Waals surface area contributed by atoms with Gasteiger partial charge in [-0.3, -0.25) is 0 Å². The first kappa shape index (κ1) is 10.4. The number of rotatable bonds is 1. The molecule has 2 heterocycles. The standard InChI is InChI=1S/C11H8Cl2N2S/c12-9-5-4-8(16-9)11-14-7-3-1-2-6(7)10(13)15-11/h3-5H,1-2H2,(H,14,15). The summed E-state index contributed by atoms with van der Waals surface area (Å²) in [5, 5.41) is 3.82. The average molecular weight is 271 g/mol. The number of halogens is 2. The maximum absolute atomic E-state index is 6.19. The second kappa shape index (κ2) is 3.91. The van der Waals surface area contributed by atoms with Gasteiger partial charge in [-0.2, -0.15) is 0 Å². The molecule has 3 rings (SSSR count). The molecule has 1 aromatic heterocycles. The van der Waals surface area contributed by atoms with Crippen LogP contribution < -0.4 is 5.32 Å². The van der Waals surface area contributed by atoms with E-state index in [4.69, 9.17) is 23.2 Å². The minimum Gasteiger partial charge on any atom is -0.329 e. The van der Waals surface area contributed by atoms with Gasteiger partial charge in [-0.05, 0) is 25.0 Å². The van der Waals surface area contributed by atoms with E-state index in [0.29, 0.717) is 5.16 Å². The molecule has 0 saturated heterocycles. The lowest BCUT2D eigenvalue weighted by Crippen LogP contribution is -2.25. The molecule has 0 fully saturated rings. The number of allylic oxidation sites excluding steroid dienone is 2. The van der Waals surface area contributed by atoms with Crippen molar-refractivity contribution >= 4 is 40.4 Å². The Morgan fingerprint density at radius 1 is 1.31 bits per heavy atom. The Labute approximate surface area is 107 Å². The number of hydrogen-bond acceptors (Lipinski definition) is 3. The quantitative estimate of drug-likeness (QED) is 0.770. The molecule has 0 spiro atoms. The fourth-order valence-electron chi connectivity index (χ4n) is 1.83. The predicted molar refractivity (Wildman–Crippen MR) is 69.2 cm³/mol.